The highest BCUT2D eigenvalue weighted by atomic mass is 32.2. The smallest absolute Gasteiger partial charge is 0.344 e. The lowest BCUT2D eigenvalue weighted by atomic mass is 9.92. The molecular weight excluding hydrogens is 420 g/mol. The van der Waals surface area contributed by atoms with Gasteiger partial charge in [0.1, 0.15) is 11.3 Å². The zero-order valence-corrected chi connectivity index (χ0v) is 17.8. The van der Waals surface area contributed by atoms with Gasteiger partial charge < -0.3 is 15.4 Å². The van der Waals surface area contributed by atoms with Gasteiger partial charge in [0.2, 0.25) is 5.91 Å². The Kier molecular flexibility index (Phi) is 5.10. The molecule has 0 aliphatic carbocycles. The van der Waals surface area contributed by atoms with E-state index >= 15 is 0 Å². The lowest BCUT2D eigenvalue weighted by Gasteiger charge is -2.23. The van der Waals surface area contributed by atoms with Gasteiger partial charge in [-0.05, 0) is 49.7 Å². The van der Waals surface area contributed by atoms with Crippen LogP contribution in [-0.4, -0.2) is 41.1 Å². The van der Waals surface area contributed by atoms with Crippen molar-refractivity contribution >= 4 is 41.2 Å². The SMILES string of the molecule is COc1ccc([C@]2(C)NC(=O)N(NC(=O)c3ccc4c(c3)NC(=O)[C@@H](C)S4)C2=O)cc1. The van der Waals surface area contributed by atoms with E-state index in [0.717, 1.165) is 4.90 Å². The van der Waals surface area contributed by atoms with Crippen LogP contribution in [-0.2, 0) is 15.1 Å². The second-order valence-corrected chi connectivity index (χ2v) is 8.71. The summed E-state index contributed by atoms with van der Waals surface area (Å²) in [7, 11) is 1.53. The number of carbonyl (C=O) groups is 4. The maximum absolute atomic E-state index is 13.0. The van der Waals surface area contributed by atoms with E-state index in [4.69, 9.17) is 4.74 Å². The van der Waals surface area contributed by atoms with E-state index in [2.05, 4.69) is 16.1 Å². The maximum Gasteiger partial charge on any atom is 0.344 e. The molecule has 0 aromatic heterocycles. The van der Waals surface area contributed by atoms with Crippen LogP contribution in [0.25, 0.3) is 0 Å². The fourth-order valence-electron chi connectivity index (χ4n) is 3.38. The molecule has 4 rings (SSSR count). The van der Waals surface area contributed by atoms with Crippen LogP contribution in [0.1, 0.15) is 29.8 Å². The molecule has 160 valence electrons. The molecule has 2 atom stereocenters. The highest BCUT2D eigenvalue weighted by Crippen LogP contribution is 2.36. The minimum absolute atomic E-state index is 0.153. The second-order valence-electron chi connectivity index (χ2n) is 7.33. The van der Waals surface area contributed by atoms with Crippen molar-refractivity contribution in [1.82, 2.24) is 15.8 Å². The molecule has 0 saturated carbocycles. The number of nitrogens with zero attached hydrogens (tertiary/aromatic N) is 1. The summed E-state index contributed by atoms with van der Waals surface area (Å²) in [6.45, 7) is 3.36. The second kappa shape index (κ2) is 7.62. The van der Waals surface area contributed by atoms with Gasteiger partial charge in [-0.15, -0.1) is 11.8 Å². The largest absolute Gasteiger partial charge is 0.497 e. The number of urea groups is 1. The van der Waals surface area contributed by atoms with Gasteiger partial charge in [-0.3, -0.25) is 19.8 Å². The molecule has 0 spiro atoms. The first kappa shape index (κ1) is 20.7. The summed E-state index contributed by atoms with van der Waals surface area (Å²) in [5.41, 5.74) is 2.28. The molecule has 2 aliphatic rings. The van der Waals surface area contributed by atoms with Gasteiger partial charge in [0.15, 0.2) is 0 Å². The van der Waals surface area contributed by atoms with Gasteiger partial charge in [0.25, 0.3) is 11.8 Å². The first-order valence-electron chi connectivity index (χ1n) is 9.46. The molecule has 31 heavy (non-hydrogen) atoms. The fourth-order valence-corrected chi connectivity index (χ4v) is 4.31. The monoisotopic (exact) mass is 440 g/mol. The van der Waals surface area contributed by atoms with E-state index in [9.17, 15) is 19.2 Å². The number of amides is 5. The lowest BCUT2D eigenvalue weighted by molar-refractivity contribution is -0.132. The molecule has 0 unspecified atom stereocenters. The molecule has 2 aliphatic heterocycles. The molecule has 3 N–H and O–H groups in total. The van der Waals surface area contributed by atoms with Gasteiger partial charge in [-0.1, -0.05) is 12.1 Å². The molecule has 2 aromatic carbocycles. The van der Waals surface area contributed by atoms with E-state index in [1.807, 2.05) is 0 Å². The summed E-state index contributed by atoms with van der Waals surface area (Å²) < 4.78 is 5.12. The van der Waals surface area contributed by atoms with Crippen molar-refractivity contribution in [3.8, 4) is 5.75 Å². The predicted molar refractivity (Wildman–Crippen MR) is 114 cm³/mol. The number of anilines is 1. The van der Waals surface area contributed by atoms with Crippen molar-refractivity contribution in [3.05, 3.63) is 53.6 Å². The van der Waals surface area contributed by atoms with Crippen molar-refractivity contribution < 1.29 is 23.9 Å². The Morgan fingerprint density at radius 3 is 2.55 bits per heavy atom. The van der Waals surface area contributed by atoms with E-state index in [1.165, 1.54) is 24.9 Å². The number of fused-ring (bicyclic) bond motifs is 1. The lowest BCUT2D eigenvalue weighted by Crippen LogP contribution is -2.47. The molecular formula is C21H20N4O5S. The number of thioether (sulfide) groups is 1. The third kappa shape index (κ3) is 3.59. The number of nitrogens with one attached hydrogen (secondary N) is 3. The van der Waals surface area contributed by atoms with E-state index in [1.54, 1.807) is 50.2 Å². The minimum Gasteiger partial charge on any atom is -0.497 e. The normalized spacial score (nSPS) is 22.5. The van der Waals surface area contributed by atoms with Crippen LogP contribution in [0.3, 0.4) is 0 Å². The van der Waals surface area contributed by atoms with Crippen LogP contribution in [0, 0.1) is 0 Å². The van der Waals surface area contributed by atoms with Crippen molar-refractivity contribution in [1.29, 1.82) is 0 Å². The number of hydrazine groups is 1. The summed E-state index contributed by atoms with van der Waals surface area (Å²) in [6, 6.07) is 10.8. The van der Waals surface area contributed by atoms with Gasteiger partial charge in [0, 0.05) is 10.5 Å². The first-order valence-corrected chi connectivity index (χ1v) is 10.3. The van der Waals surface area contributed by atoms with Crippen molar-refractivity contribution in [2.24, 2.45) is 0 Å². The van der Waals surface area contributed by atoms with Crippen molar-refractivity contribution in [2.75, 3.05) is 12.4 Å². The quantitative estimate of drug-likeness (QED) is 0.628. The predicted octanol–water partition coefficient (Wildman–Crippen LogP) is 2.24. The molecule has 0 bridgehead atoms. The summed E-state index contributed by atoms with van der Waals surface area (Å²) in [6.07, 6.45) is 0. The Bertz CT molecular complexity index is 1100. The standard InChI is InChI=1S/C21H20N4O5S/c1-11-17(26)22-15-10-12(4-9-16(15)31-11)18(27)24-25-19(28)21(2,23-20(25)29)13-5-7-14(30-3)8-6-13/h4-11H,1-3H3,(H,22,26)(H,23,29)(H,24,27)/t11-,21+/m1/s1. The van der Waals surface area contributed by atoms with Gasteiger partial charge in [-0.2, -0.15) is 5.01 Å². The van der Waals surface area contributed by atoms with Crippen LogP contribution in [0.5, 0.6) is 5.75 Å². The molecule has 2 aromatic rings. The molecule has 2 heterocycles. The average Bonchev–Trinajstić information content (AvgIpc) is 2.98. The zero-order valence-electron chi connectivity index (χ0n) is 17.0. The average molecular weight is 440 g/mol. The Balaban J connectivity index is 1.53. The van der Waals surface area contributed by atoms with E-state index in [-0.39, 0.29) is 16.7 Å². The zero-order chi connectivity index (χ0) is 22.3. The fraction of sp³-hybridized carbons (Fsp3) is 0.238. The van der Waals surface area contributed by atoms with Crippen molar-refractivity contribution in [3.63, 3.8) is 0 Å². The van der Waals surface area contributed by atoms with Crippen LogP contribution in [0.2, 0.25) is 0 Å². The number of methoxy groups -OCH3 is 1. The number of imide groups is 1. The van der Waals surface area contributed by atoms with E-state index in [0.29, 0.717) is 22.0 Å². The number of benzene rings is 2. The van der Waals surface area contributed by atoms with Gasteiger partial charge >= 0.3 is 6.03 Å². The minimum atomic E-state index is -1.34. The molecule has 9 nitrogen and oxygen atoms in total. The van der Waals surface area contributed by atoms with Crippen LogP contribution >= 0.6 is 11.8 Å². The number of carbonyl (C=O) groups excluding carboxylic acids is 4. The molecule has 1 fully saturated rings. The number of ether oxygens (including phenoxy) is 1. The maximum atomic E-state index is 13.0. The summed E-state index contributed by atoms with van der Waals surface area (Å²) in [5, 5.41) is 5.81. The first-order chi connectivity index (χ1) is 14.7. The van der Waals surface area contributed by atoms with E-state index < -0.39 is 23.4 Å². The van der Waals surface area contributed by atoms with Gasteiger partial charge in [-0.25, -0.2) is 4.79 Å². The highest BCUT2D eigenvalue weighted by Gasteiger charge is 2.50. The van der Waals surface area contributed by atoms with Crippen LogP contribution < -0.4 is 20.8 Å². The van der Waals surface area contributed by atoms with Crippen LogP contribution in [0.15, 0.2) is 47.4 Å². The van der Waals surface area contributed by atoms with Crippen LogP contribution in [0.4, 0.5) is 10.5 Å². The molecule has 0 radical (unpaired) electrons. The topological polar surface area (TPSA) is 117 Å². The summed E-state index contributed by atoms with van der Waals surface area (Å²) in [4.78, 5) is 51.0. The Morgan fingerprint density at radius 1 is 1.16 bits per heavy atom. The summed E-state index contributed by atoms with van der Waals surface area (Å²) in [5.74, 6) is -0.810. The highest BCUT2D eigenvalue weighted by molar-refractivity contribution is 8.00. The number of hydrogen-bond donors (Lipinski definition) is 3. The Hall–Kier alpha value is -3.53. The molecule has 10 heteroatoms. The van der Waals surface area contributed by atoms with Crippen molar-refractivity contribution in [2.45, 2.75) is 29.5 Å². The molecule has 5 amide bonds. The van der Waals surface area contributed by atoms with Gasteiger partial charge in [0.05, 0.1) is 18.0 Å². The Morgan fingerprint density at radius 2 is 1.87 bits per heavy atom. The third-order valence-corrected chi connectivity index (χ3v) is 6.42. The third-order valence-electron chi connectivity index (χ3n) is 5.24. The summed E-state index contributed by atoms with van der Waals surface area (Å²) >= 11 is 1.39. The molecule has 1 saturated heterocycles. The Labute approximate surface area is 182 Å². The number of hydrogen-bond acceptors (Lipinski definition) is 6. The number of rotatable bonds is 4.